The molecule has 0 aromatic heterocycles. The highest BCUT2D eigenvalue weighted by atomic mass is 35.5. The van der Waals surface area contributed by atoms with Crippen LogP contribution in [0, 0.1) is 10.1 Å². The van der Waals surface area contributed by atoms with Gasteiger partial charge in [-0.3, -0.25) is 0 Å². The van der Waals surface area contributed by atoms with Crippen molar-refractivity contribution < 1.29 is 12.4 Å². The molecule has 0 rings (SSSR count). The summed E-state index contributed by atoms with van der Waals surface area (Å²) >= 11 is 0. The summed E-state index contributed by atoms with van der Waals surface area (Å²) in [5.41, 5.74) is 0. The number of halogens is 1. The van der Waals surface area contributed by atoms with Crippen LogP contribution >= 0.6 is 0 Å². The molecule has 0 heterocycles. The van der Waals surface area contributed by atoms with E-state index in [0.29, 0.717) is 0 Å². The zero-order valence-electron chi connectivity index (χ0n) is 1.64. The molecule has 0 aromatic rings. The van der Waals surface area contributed by atoms with E-state index in [9.17, 15) is 0 Å². The Morgan fingerprint density at radius 1 is 1.75 bits per heavy atom. The second kappa shape index (κ2) is 16.1. The minimum Gasteiger partial charge on any atom is -1.00 e. The van der Waals surface area contributed by atoms with E-state index in [0.717, 1.165) is 5.34 Å². The zero-order chi connectivity index (χ0) is 2.71. The predicted octanol–water partition coefficient (Wildman–Crippen LogP) is -2.75. The van der Waals surface area contributed by atoms with Gasteiger partial charge in [0.15, 0.2) is 0 Å². The van der Waals surface area contributed by atoms with E-state index in [1.54, 1.807) is 0 Å². The standard InChI is InChI=1S/ClH.HNO2/c;2-1-3/h1H;(H,2,3)/p-2. The van der Waals surface area contributed by atoms with Crippen molar-refractivity contribution >= 4 is 0 Å². The average molecular weight is 81.5 g/mol. The minimum atomic E-state index is 0. The van der Waals surface area contributed by atoms with Crippen LogP contribution in [0.5, 0.6) is 0 Å². The molecule has 4 heavy (non-hydrogen) atoms. The van der Waals surface area contributed by atoms with E-state index in [1.807, 2.05) is 0 Å². The van der Waals surface area contributed by atoms with E-state index in [4.69, 9.17) is 10.1 Å². The quantitative estimate of drug-likeness (QED) is 0.235. The Kier molecular flexibility index (Phi) is 37.7. The summed E-state index contributed by atoms with van der Waals surface area (Å²) in [7, 11) is 0. The molecule has 0 aliphatic rings. The van der Waals surface area contributed by atoms with E-state index in [-0.39, 0.29) is 12.4 Å². The Morgan fingerprint density at radius 2 is 1.75 bits per heavy atom. The monoisotopic (exact) mass is 81.0 g/mol. The summed E-state index contributed by atoms with van der Waals surface area (Å²) in [6.45, 7) is 0. The molecule has 26 valence electrons. The Bertz CT molecular complexity index is 13.5. The molecule has 0 atom stereocenters. The van der Waals surface area contributed by atoms with Gasteiger partial charge in [-0.2, -0.15) is 0 Å². The molecule has 0 radical (unpaired) electrons. The largest absolute Gasteiger partial charge is 1.00 e. The van der Waals surface area contributed by atoms with Crippen LogP contribution in [0.15, 0.2) is 5.34 Å². The molecule has 0 bridgehead atoms. The van der Waals surface area contributed by atoms with Crippen molar-refractivity contribution in [2.24, 2.45) is 5.34 Å². The lowest BCUT2D eigenvalue weighted by Crippen LogP contribution is -3.00. The summed E-state index contributed by atoms with van der Waals surface area (Å²) in [5.74, 6) is 0. The highest BCUT2D eigenvalue weighted by Crippen LogP contribution is 1.34. The molecule has 0 fully saturated rings. The summed E-state index contributed by atoms with van der Waals surface area (Å²) in [6, 6.07) is 0. The van der Waals surface area contributed by atoms with Crippen LogP contribution in [0.25, 0.3) is 0 Å². The molecule has 0 aliphatic heterocycles. The van der Waals surface area contributed by atoms with Crippen LogP contribution < -0.4 is 12.4 Å². The van der Waals surface area contributed by atoms with Gasteiger partial charge in [-0.15, -0.1) is 5.34 Å². The third kappa shape index (κ3) is 8.37. The fourth-order valence-electron chi connectivity index (χ4n) is 0. The smallest absolute Gasteiger partial charge is 0.112 e. The summed E-state index contributed by atoms with van der Waals surface area (Å²) in [4.78, 5) is 8.00. The summed E-state index contributed by atoms with van der Waals surface area (Å²) in [6.07, 6.45) is 0. The molecule has 0 unspecified atom stereocenters. The molecule has 0 aromatic carbocycles. The van der Waals surface area contributed by atoms with Crippen molar-refractivity contribution in [2.75, 3.05) is 0 Å². The molecular weight excluding hydrogens is 81.5 g/mol. The lowest BCUT2D eigenvalue weighted by molar-refractivity contribution is -0.000000716. The predicted molar refractivity (Wildman–Crippen MR) is 9.16 cm³/mol. The fraction of sp³-hybridized carbons (Fsp3) is 0. The van der Waals surface area contributed by atoms with Gasteiger partial charge in [0.25, 0.3) is 0 Å². The van der Waals surface area contributed by atoms with Gasteiger partial charge in [0.2, 0.25) is 0 Å². The van der Waals surface area contributed by atoms with E-state index >= 15 is 0 Å². The molecule has 3 nitrogen and oxygen atoms in total. The highest BCUT2D eigenvalue weighted by Gasteiger charge is 0.958. The van der Waals surface area contributed by atoms with Crippen LogP contribution in [-0.2, 0) is 0 Å². The molecule has 0 saturated carbocycles. The number of rotatable bonds is 0. The average Bonchev–Trinajstić information content (AvgIpc) is 0.918. The molecule has 0 amide bonds. The number of nitrogens with zero attached hydrogens (tertiary/aromatic N) is 1. The topological polar surface area (TPSA) is 52.5 Å². The Hall–Kier alpha value is -0.310. The van der Waals surface area contributed by atoms with Gasteiger partial charge in [0, 0.05) is 0 Å². The Balaban J connectivity index is 0. The van der Waals surface area contributed by atoms with Crippen molar-refractivity contribution in [3.8, 4) is 0 Å². The second-order valence-electron chi connectivity index (χ2n) is 0.0745. The molecule has 0 aliphatic carbocycles. The van der Waals surface area contributed by atoms with Crippen LogP contribution in [-0.4, -0.2) is 0 Å². The van der Waals surface area contributed by atoms with E-state index in [2.05, 4.69) is 0 Å². The summed E-state index contributed by atoms with van der Waals surface area (Å²) < 4.78 is 0. The fourth-order valence-corrected chi connectivity index (χ4v) is 0. The first-order chi connectivity index (χ1) is 1.41. The third-order valence-corrected chi connectivity index (χ3v) is 0. The Morgan fingerprint density at radius 3 is 1.75 bits per heavy atom. The Labute approximate surface area is 29.0 Å². The molecule has 0 saturated heterocycles. The van der Waals surface area contributed by atoms with Gasteiger partial charge >= 0.3 is 0 Å². The van der Waals surface area contributed by atoms with Gasteiger partial charge in [0.05, 0.1) is 0 Å². The molecule has 0 spiro atoms. The lowest BCUT2D eigenvalue weighted by Gasteiger charge is -1.51. The second-order valence-corrected chi connectivity index (χ2v) is 0.0745. The van der Waals surface area contributed by atoms with Gasteiger partial charge in [-0.25, -0.2) is 0 Å². The zero-order valence-corrected chi connectivity index (χ0v) is 2.40. The maximum Gasteiger partial charge on any atom is -0.112 e. The van der Waals surface area contributed by atoms with Gasteiger partial charge < -0.3 is 22.5 Å². The van der Waals surface area contributed by atoms with Crippen LogP contribution in [0.3, 0.4) is 0 Å². The molecule has 0 N–H and O–H groups in total. The first kappa shape index (κ1) is 9.35. The number of hydrogen-bond donors (Lipinski definition) is 0. The SMILES string of the molecule is O=N[O-].[Cl-]. The van der Waals surface area contributed by atoms with Crippen LogP contribution in [0.2, 0.25) is 0 Å². The van der Waals surface area contributed by atoms with Gasteiger partial charge in [-0.1, -0.05) is 0 Å². The first-order valence-corrected chi connectivity index (χ1v) is 0.365. The van der Waals surface area contributed by atoms with Crippen molar-refractivity contribution in [1.29, 1.82) is 0 Å². The molecule has 4 heteroatoms. The van der Waals surface area contributed by atoms with Crippen molar-refractivity contribution in [1.82, 2.24) is 0 Å². The van der Waals surface area contributed by atoms with Crippen molar-refractivity contribution in [3.63, 3.8) is 0 Å². The van der Waals surface area contributed by atoms with Gasteiger partial charge in [0.1, 0.15) is 0 Å². The van der Waals surface area contributed by atoms with Crippen LogP contribution in [0.4, 0.5) is 0 Å². The minimum absolute atomic E-state index is 0. The third-order valence-electron chi connectivity index (χ3n) is 0. The first-order valence-electron chi connectivity index (χ1n) is 0.365. The van der Waals surface area contributed by atoms with Crippen molar-refractivity contribution in [2.45, 2.75) is 0 Å². The number of hydrogen-bond acceptors (Lipinski definition) is 3. The van der Waals surface area contributed by atoms with E-state index < -0.39 is 0 Å². The lowest BCUT2D eigenvalue weighted by atomic mass is 13.4. The normalized spacial score (nSPS) is 3.00. The van der Waals surface area contributed by atoms with Gasteiger partial charge in [-0.05, 0) is 0 Å². The maximum atomic E-state index is 8.00. The molecular formula is ClNO2-2. The maximum absolute atomic E-state index is 8.00. The summed E-state index contributed by atoms with van der Waals surface area (Å²) in [5, 5.41) is 9.00. The van der Waals surface area contributed by atoms with Crippen molar-refractivity contribution in [3.05, 3.63) is 10.1 Å². The highest BCUT2D eigenvalue weighted by molar-refractivity contribution is 4.21. The van der Waals surface area contributed by atoms with E-state index in [1.165, 1.54) is 0 Å². The van der Waals surface area contributed by atoms with Crippen LogP contribution in [0.1, 0.15) is 0 Å².